The van der Waals surface area contributed by atoms with Crippen LogP contribution >= 0.6 is 0 Å². The highest BCUT2D eigenvalue weighted by Gasteiger charge is 2.37. The maximum absolute atomic E-state index is 13.6. The molecule has 0 radical (unpaired) electrons. The van der Waals surface area contributed by atoms with E-state index < -0.39 is 17.2 Å². The molecule has 1 saturated heterocycles. The van der Waals surface area contributed by atoms with E-state index in [1.165, 1.54) is 12.1 Å². The van der Waals surface area contributed by atoms with Gasteiger partial charge in [-0.2, -0.15) is 0 Å². The second kappa shape index (κ2) is 3.89. The molecule has 1 aromatic carbocycles. The number of benzene rings is 1. The first-order chi connectivity index (χ1) is 7.18. The zero-order chi connectivity index (χ0) is 10.9. The molecule has 1 fully saturated rings. The van der Waals surface area contributed by atoms with Gasteiger partial charge in [-0.3, -0.25) is 0 Å². The standard InChI is InChI=1S/C12H14F2O/c1-2-12(6-3-7-15-12)10-5-4-9(13)8-11(10)14/h4-5,8H,2-3,6-7H2,1H3/t12-/m1/s1. The number of halogens is 2. The number of hydrogen-bond acceptors (Lipinski definition) is 1. The highest BCUT2D eigenvalue weighted by molar-refractivity contribution is 5.26. The molecule has 1 aliphatic heterocycles. The van der Waals surface area contributed by atoms with Gasteiger partial charge in [0.2, 0.25) is 0 Å². The largest absolute Gasteiger partial charge is 0.370 e. The van der Waals surface area contributed by atoms with E-state index in [1.807, 2.05) is 6.92 Å². The van der Waals surface area contributed by atoms with Gasteiger partial charge in [-0.15, -0.1) is 0 Å². The molecule has 82 valence electrons. The van der Waals surface area contributed by atoms with Gasteiger partial charge in [-0.1, -0.05) is 13.0 Å². The molecule has 0 saturated carbocycles. The Balaban J connectivity index is 2.42. The van der Waals surface area contributed by atoms with Crippen LogP contribution in [0.15, 0.2) is 18.2 Å². The van der Waals surface area contributed by atoms with Crippen molar-refractivity contribution in [3.05, 3.63) is 35.4 Å². The number of hydrogen-bond donors (Lipinski definition) is 0. The van der Waals surface area contributed by atoms with Crippen LogP contribution in [0.5, 0.6) is 0 Å². The lowest BCUT2D eigenvalue weighted by molar-refractivity contribution is -0.00597. The van der Waals surface area contributed by atoms with Gasteiger partial charge in [-0.05, 0) is 25.3 Å². The maximum Gasteiger partial charge on any atom is 0.132 e. The average molecular weight is 212 g/mol. The lowest BCUT2D eigenvalue weighted by Gasteiger charge is -2.27. The summed E-state index contributed by atoms with van der Waals surface area (Å²) in [5.41, 5.74) is -0.0403. The van der Waals surface area contributed by atoms with Gasteiger partial charge in [0, 0.05) is 18.2 Å². The van der Waals surface area contributed by atoms with Crippen LogP contribution in [0, 0.1) is 11.6 Å². The van der Waals surface area contributed by atoms with Crippen LogP contribution in [0.3, 0.4) is 0 Å². The van der Waals surface area contributed by atoms with Crippen LogP contribution in [-0.4, -0.2) is 6.61 Å². The fourth-order valence-electron chi connectivity index (χ4n) is 2.24. The highest BCUT2D eigenvalue weighted by atomic mass is 19.1. The topological polar surface area (TPSA) is 9.23 Å². The fourth-order valence-corrected chi connectivity index (χ4v) is 2.24. The van der Waals surface area contributed by atoms with Crippen molar-refractivity contribution in [2.24, 2.45) is 0 Å². The predicted octanol–water partition coefficient (Wildman–Crippen LogP) is 3.38. The van der Waals surface area contributed by atoms with Gasteiger partial charge >= 0.3 is 0 Å². The summed E-state index contributed by atoms with van der Waals surface area (Å²) in [6, 6.07) is 3.71. The van der Waals surface area contributed by atoms with E-state index in [-0.39, 0.29) is 0 Å². The SMILES string of the molecule is CC[C@]1(c2ccc(F)cc2F)CCCO1. The van der Waals surface area contributed by atoms with E-state index in [0.717, 1.165) is 25.3 Å². The molecule has 1 aliphatic rings. The summed E-state index contributed by atoms with van der Waals surface area (Å²) in [7, 11) is 0. The minimum atomic E-state index is -0.541. The van der Waals surface area contributed by atoms with Gasteiger partial charge in [0.1, 0.15) is 11.6 Å². The van der Waals surface area contributed by atoms with Crippen molar-refractivity contribution in [1.82, 2.24) is 0 Å². The lowest BCUT2D eigenvalue weighted by atomic mass is 9.88. The molecule has 1 heterocycles. The first-order valence-corrected chi connectivity index (χ1v) is 5.27. The molecular weight excluding hydrogens is 198 g/mol. The van der Waals surface area contributed by atoms with Crippen molar-refractivity contribution in [3.8, 4) is 0 Å². The van der Waals surface area contributed by atoms with Crippen LogP contribution in [-0.2, 0) is 10.3 Å². The van der Waals surface area contributed by atoms with Crippen molar-refractivity contribution in [2.45, 2.75) is 31.8 Å². The molecule has 0 aliphatic carbocycles. The summed E-state index contributed by atoms with van der Waals surface area (Å²) in [5, 5.41) is 0. The van der Waals surface area contributed by atoms with Crippen molar-refractivity contribution < 1.29 is 13.5 Å². The molecule has 2 rings (SSSR count). The van der Waals surface area contributed by atoms with Gasteiger partial charge in [0.25, 0.3) is 0 Å². The zero-order valence-electron chi connectivity index (χ0n) is 8.72. The summed E-state index contributed by atoms with van der Waals surface area (Å²) in [5.74, 6) is -1.04. The molecular formula is C12H14F2O. The van der Waals surface area contributed by atoms with Gasteiger partial charge in [0.05, 0.1) is 5.60 Å². The molecule has 0 amide bonds. The van der Waals surface area contributed by atoms with Crippen molar-refractivity contribution in [2.75, 3.05) is 6.61 Å². The highest BCUT2D eigenvalue weighted by Crippen LogP contribution is 2.40. The third-order valence-corrected chi connectivity index (χ3v) is 3.10. The molecule has 15 heavy (non-hydrogen) atoms. The number of ether oxygens (including phenoxy) is 1. The molecule has 1 nitrogen and oxygen atoms in total. The van der Waals surface area contributed by atoms with Crippen LogP contribution in [0.2, 0.25) is 0 Å². The Labute approximate surface area is 88.1 Å². The Hall–Kier alpha value is -0.960. The summed E-state index contributed by atoms with van der Waals surface area (Å²) in [6.45, 7) is 2.62. The maximum atomic E-state index is 13.6. The minimum absolute atomic E-state index is 0.490. The van der Waals surface area contributed by atoms with E-state index in [2.05, 4.69) is 0 Å². The lowest BCUT2D eigenvalue weighted by Crippen LogP contribution is -2.25. The monoisotopic (exact) mass is 212 g/mol. The smallest absolute Gasteiger partial charge is 0.132 e. The van der Waals surface area contributed by atoms with E-state index in [9.17, 15) is 8.78 Å². The van der Waals surface area contributed by atoms with Crippen molar-refractivity contribution in [1.29, 1.82) is 0 Å². The summed E-state index contributed by atoms with van der Waals surface area (Å²) in [6.07, 6.45) is 2.46. The normalized spacial score (nSPS) is 25.8. The minimum Gasteiger partial charge on any atom is -0.370 e. The van der Waals surface area contributed by atoms with Gasteiger partial charge in [-0.25, -0.2) is 8.78 Å². The van der Waals surface area contributed by atoms with Crippen LogP contribution in [0.25, 0.3) is 0 Å². The van der Waals surface area contributed by atoms with Crippen LogP contribution < -0.4 is 0 Å². The Morgan fingerprint density at radius 2 is 2.20 bits per heavy atom. The van der Waals surface area contributed by atoms with Gasteiger partial charge in [0.15, 0.2) is 0 Å². The molecule has 1 aromatic rings. The van der Waals surface area contributed by atoms with Crippen molar-refractivity contribution >= 4 is 0 Å². The Bertz CT molecular complexity index is 357. The molecule has 1 atom stereocenters. The average Bonchev–Trinajstić information content (AvgIpc) is 2.67. The predicted molar refractivity (Wildman–Crippen MR) is 53.5 cm³/mol. The van der Waals surface area contributed by atoms with Gasteiger partial charge < -0.3 is 4.74 Å². The molecule has 0 unspecified atom stereocenters. The third kappa shape index (κ3) is 1.76. The summed E-state index contributed by atoms with van der Waals surface area (Å²) < 4.78 is 32.0. The van der Waals surface area contributed by atoms with Crippen LogP contribution in [0.4, 0.5) is 8.78 Å². The first kappa shape index (κ1) is 10.6. The van der Waals surface area contributed by atoms with E-state index in [0.29, 0.717) is 12.2 Å². The Morgan fingerprint density at radius 1 is 1.40 bits per heavy atom. The summed E-state index contributed by atoms with van der Waals surface area (Å²) in [4.78, 5) is 0. The molecule has 0 N–H and O–H groups in total. The fraction of sp³-hybridized carbons (Fsp3) is 0.500. The molecule has 0 bridgehead atoms. The first-order valence-electron chi connectivity index (χ1n) is 5.27. The second-order valence-electron chi connectivity index (χ2n) is 3.92. The third-order valence-electron chi connectivity index (χ3n) is 3.10. The molecule has 3 heteroatoms. The van der Waals surface area contributed by atoms with E-state index in [1.54, 1.807) is 0 Å². The molecule has 0 aromatic heterocycles. The zero-order valence-corrected chi connectivity index (χ0v) is 8.72. The van der Waals surface area contributed by atoms with E-state index in [4.69, 9.17) is 4.74 Å². The second-order valence-corrected chi connectivity index (χ2v) is 3.92. The van der Waals surface area contributed by atoms with Crippen molar-refractivity contribution in [3.63, 3.8) is 0 Å². The van der Waals surface area contributed by atoms with E-state index >= 15 is 0 Å². The Morgan fingerprint density at radius 3 is 2.73 bits per heavy atom. The number of rotatable bonds is 2. The molecule has 0 spiro atoms. The Kier molecular flexibility index (Phi) is 2.74. The quantitative estimate of drug-likeness (QED) is 0.730. The summed E-state index contributed by atoms with van der Waals surface area (Å²) >= 11 is 0. The van der Waals surface area contributed by atoms with Crippen LogP contribution in [0.1, 0.15) is 31.7 Å².